The maximum absolute atomic E-state index is 12.3. The van der Waals surface area contributed by atoms with Crippen LogP contribution in [0, 0.1) is 10.1 Å². The molecule has 14 heteroatoms. The van der Waals surface area contributed by atoms with Gasteiger partial charge in [-0.1, -0.05) is 0 Å². The molecule has 31 heavy (non-hydrogen) atoms. The Morgan fingerprint density at radius 3 is 2.42 bits per heavy atom. The predicted octanol–water partition coefficient (Wildman–Crippen LogP) is -0.808. The summed E-state index contributed by atoms with van der Waals surface area (Å²) in [6.45, 7) is -0.820. The lowest BCUT2D eigenvalue weighted by Gasteiger charge is -2.11. The zero-order valence-corrected chi connectivity index (χ0v) is 17.1. The summed E-state index contributed by atoms with van der Waals surface area (Å²) in [5.74, 6) is -3.42. The molecule has 0 aliphatic carbocycles. The van der Waals surface area contributed by atoms with Gasteiger partial charge in [0.1, 0.15) is 11.4 Å². The molecular weight excluding hydrogens is 434 g/mol. The average Bonchev–Trinajstić information content (AvgIpc) is 2.73. The van der Waals surface area contributed by atoms with Gasteiger partial charge < -0.3 is 16.2 Å². The number of Topliss-reactive ketones (excluding diaryl/α,β-unsaturated/α-hetero) is 1. The summed E-state index contributed by atoms with van der Waals surface area (Å²) in [5.41, 5.74) is 8.11. The number of carbonyl (C=O) groups excluding carboxylic acids is 3. The van der Waals surface area contributed by atoms with Gasteiger partial charge in [-0.3, -0.25) is 38.4 Å². The van der Waals surface area contributed by atoms with Gasteiger partial charge in [0, 0.05) is 25.7 Å². The number of aromatic nitrogens is 2. The highest BCUT2D eigenvalue weighted by atomic mass is 32.2. The second-order valence-electron chi connectivity index (χ2n) is 6.14. The number of nitrogens with zero attached hydrogens (tertiary/aromatic N) is 3. The van der Waals surface area contributed by atoms with Crippen LogP contribution < -0.4 is 22.7 Å². The quantitative estimate of drug-likeness (QED) is 0.168. The Balaban J connectivity index is 2.08. The minimum atomic E-state index is -0.929. The van der Waals surface area contributed by atoms with Crippen LogP contribution in [-0.4, -0.2) is 44.1 Å². The smallest absolute Gasteiger partial charge is 0.332 e. The van der Waals surface area contributed by atoms with Gasteiger partial charge in [-0.05, 0) is 12.1 Å². The number of esters is 1. The van der Waals surface area contributed by atoms with Crippen molar-refractivity contribution in [1.29, 1.82) is 0 Å². The number of primary amides is 1. The normalized spacial score (nSPS) is 10.5. The van der Waals surface area contributed by atoms with Crippen LogP contribution in [0.2, 0.25) is 0 Å². The van der Waals surface area contributed by atoms with E-state index in [0.717, 1.165) is 22.4 Å². The first-order valence-electron chi connectivity index (χ1n) is 8.41. The molecule has 164 valence electrons. The maximum atomic E-state index is 12.3. The molecule has 0 spiro atoms. The van der Waals surface area contributed by atoms with Gasteiger partial charge in [-0.2, -0.15) is 0 Å². The van der Waals surface area contributed by atoms with Gasteiger partial charge in [-0.25, -0.2) is 4.79 Å². The first-order valence-corrected chi connectivity index (χ1v) is 9.39. The number of carbonyl (C=O) groups is 3. The predicted molar refractivity (Wildman–Crippen MR) is 109 cm³/mol. The summed E-state index contributed by atoms with van der Waals surface area (Å²) in [6, 6.07) is 3.51. The second-order valence-corrected chi connectivity index (χ2v) is 7.16. The van der Waals surface area contributed by atoms with E-state index in [4.69, 9.17) is 16.2 Å². The first-order chi connectivity index (χ1) is 14.5. The fraction of sp³-hybridized carbons (Fsp3) is 0.235. The van der Waals surface area contributed by atoms with Crippen molar-refractivity contribution in [3.8, 4) is 0 Å². The number of rotatable bonds is 8. The van der Waals surface area contributed by atoms with E-state index >= 15 is 0 Å². The Kier molecular flexibility index (Phi) is 6.97. The van der Waals surface area contributed by atoms with Crippen LogP contribution >= 0.6 is 11.8 Å². The number of ketones is 1. The van der Waals surface area contributed by atoms with Gasteiger partial charge in [0.25, 0.3) is 11.2 Å². The molecule has 0 saturated heterocycles. The minimum absolute atomic E-state index is 0.0688. The maximum Gasteiger partial charge on any atom is 0.332 e. The van der Waals surface area contributed by atoms with E-state index in [0.29, 0.717) is 4.57 Å². The fourth-order valence-electron chi connectivity index (χ4n) is 2.45. The second kappa shape index (κ2) is 9.25. The number of amides is 1. The molecule has 1 amide bonds. The number of ether oxygens (including phenoxy) is 1. The van der Waals surface area contributed by atoms with Crippen LogP contribution in [0.5, 0.6) is 0 Å². The number of hydrogen-bond donors (Lipinski definition) is 2. The lowest BCUT2D eigenvalue weighted by atomic mass is 10.2. The molecule has 0 fully saturated rings. The van der Waals surface area contributed by atoms with Crippen LogP contribution in [-0.2, 0) is 23.6 Å². The molecule has 0 saturated carbocycles. The molecule has 2 rings (SSSR count). The monoisotopic (exact) mass is 451 g/mol. The lowest BCUT2D eigenvalue weighted by Crippen LogP contribution is -2.42. The third-order valence-electron chi connectivity index (χ3n) is 4.14. The van der Waals surface area contributed by atoms with Crippen LogP contribution in [0.3, 0.4) is 0 Å². The SMILES string of the molecule is Cn1c(N)c(C(=O)COC(=O)CSc2ccc(C(N)=O)cc2[N+](=O)[O-])c(=O)n(C)c1=O. The molecule has 1 aromatic carbocycles. The summed E-state index contributed by atoms with van der Waals surface area (Å²) >= 11 is 0.749. The topological polar surface area (TPSA) is 200 Å². The van der Waals surface area contributed by atoms with Crippen molar-refractivity contribution in [3.63, 3.8) is 0 Å². The average molecular weight is 451 g/mol. The van der Waals surface area contributed by atoms with Crippen molar-refractivity contribution in [2.45, 2.75) is 4.90 Å². The Labute approximate surface area is 177 Å². The number of benzene rings is 1. The molecule has 0 radical (unpaired) electrons. The van der Waals surface area contributed by atoms with E-state index in [-0.39, 0.29) is 16.3 Å². The van der Waals surface area contributed by atoms with Crippen LogP contribution in [0.1, 0.15) is 20.7 Å². The summed E-state index contributed by atoms with van der Waals surface area (Å²) < 4.78 is 6.41. The van der Waals surface area contributed by atoms with Crippen molar-refractivity contribution in [2.75, 3.05) is 18.1 Å². The number of nitro groups is 1. The molecule has 2 aromatic rings. The Hall–Kier alpha value is -3.94. The van der Waals surface area contributed by atoms with Crippen LogP contribution in [0.4, 0.5) is 11.5 Å². The summed E-state index contributed by atoms with van der Waals surface area (Å²) in [4.78, 5) is 69.9. The molecule has 0 bridgehead atoms. The highest BCUT2D eigenvalue weighted by molar-refractivity contribution is 8.00. The molecule has 13 nitrogen and oxygen atoms in total. The van der Waals surface area contributed by atoms with E-state index < -0.39 is 57.4 Å². The largest absolute Gasteiger partial charge is 0.457 e. The molecule has 1 aromatic heterocycles. The minimum Gasteiger partial charge on any atom is -0.457 e. The number of hydrogen-bond acceptors (Lipinski definition) is 10. The van der Waals surface area contributed by atoms with Gasteiger partial charge in [0.2, 0.25) is 11.7 Å². The van der Waals surface area contributed by atoms with Crippen molar-refractivity contribution in [3.05, 3.63) is 60.3 Å². The molecule has 0 unspecified atom stereocenters. The third kappa shape index (κ3) is 4.98. The number of nitrogens with two attached hydrogens (primary N) is 2. The highest BCUT2D eigenvalue weighted by Gasteiger charge is 2.22. The van der Waals surface area contributed by atoms with E-state index in [2.05, 4.69) is 0 Å². The first kappa shape index (κ1) is 23.3. The zero-order valence-electron chi connectivity index (χ0n) is 16.3. The number of thioether (sulfide) groups is 1. The number of anilines is 1. The lowest BCUT2D eigenvalue weighted by molar-refractivity contribution is -0.387. The van der Waals surface area contributed by atoms with Crippen molar-refractivity contribution < 1.29 is 24.0 Å². The number of nitro benzene ring substituents is 1. The van der Waals surface area contributed by atoms with Crippen LogP contribution in [0.25, 0.3) is 0 Å². The summed E-state index contributed by atoms with van der Waals surface area (Å²) in [5, 5.41) is 11.2. The molecule has 4 N–H and O–H groups in total. The van der Waals surface area contributed by atoms with E-state index in [9.17, 15) is 34.1 Å². The Morgan fingerprint density at radius 2 is 1.84 bits per heavy atom. The Morgan fingerprint density at radius 1 is 1.19 bits per heavy atom. The van der Waals surface area contributed by atoms with Crippen molar-refractivity contribution in [1.82, 2.24) is 9.13 Å². The van der Waals surface area contributed by atoms with Gasteiger partial charge in [0.15, 0.2) is 6.61 Å². The molecule has 1 heterocycles. The van der Waals surface area contributed by atoms with Gasteiger partial charge >= 0.3 is 11.7 Å². The standard InChI is InChI=1S/C17H17N5O8S/c1-20-14(18)13(16(26)21(2)17(20)27)10(23)6-30-12(24)7-31-11-4-3-8(15(19)25)5-9(11)22(28)29/h3-5H,6-7,18H2,1-2H3,(H2,19,25). The molecular formula is C17H17N5O8S. The molecule has 0 aliphatic heterocycles. The van der Waals surface area contributed by atoms with E-state index in [1.807, 2.05) is 0 Å². The summed E-state index contributed by atoms with van der Waals surface area (Å²) in [7, 11) is 2.44. The molecule has 0 atom stereocenters. The highest BCUT2D eigenvalue weighted by Crippen LogP contribution is 2.30. The van der Waals surface area contributed by atoms with Gasteiger partial charge in [0.05, 0.1) is 15.6 Å². The van der Waals surface area contributed by atoms with Gasteiger partial charge in [-0.15, -0.1) is 11.8 Å². The van der Waals surface area contributed by atoms with Crippen LogP contribution in [0.15, 0.2) is 32.7 Å². The van der Waals surface area contributed by atoms with E-state index in [1.54, 1.807) is 0 Å². The molecule has 0 aliphatic rings. The van der Waals surface area contributed by atoms with Crippen molar-refractivity contribution in [2.24, 2.45) is 19.8 Å². The fourth-order valence-corrected chi connectivity index (χ4v) is 3.26. The number of nitrogen functional groups attached to an aromatic ring is 1. The van der Waals surface area contributed by atoms with Crippen molar-refractivity contribution >= 4 is 40.9 Å². The summed E-state index contributed by atoms with van der Waals surface area (Å²) in [6.07, 6.45) is 0. The Bertz CT molecular complexity index is 1220. The zero-order chi connectivity index (χ0) is 23.5. The van der Waals surface area contributed by atoms with E-state index in [1.165, 1.54) is 26.2 Å². The third-order valence-corrected chi connectivity index (χ3v) is 5.17.